The van der Waals surface area contributed by atoms with Crippen molar-refractivity contribution in [2.45, 2.75) is 39.2 Å². The number of aryl methyl sites for hydroxylation is 1. The normalized spacial score (nSPS) is 18.2. The molecule has 1 saturated heterocycles. The van der Waals surface area contributed by atoms with E-state index in [1.807, 2.05) is 0 Å². The average molecular weight is 250 g/mol. The van der Waals surface area contributed by atoms with E-state index in [0.29, 0.717) is 0 Å². The van der Waals surface area contributed by atoms with Crippen molar-refractivity contribution < 1.29 is 4.74 Å². The van der Waals surface area contributed by atoms with Crippen molar-refractivity contribution in [1.29, 1.82) is 0 Å². The van der Waals surface area contributed by atoms with E-state index >= 15 is 0 Å². The molecule has 2 rings (SSSR count). The topological polar surface area (TPSA) is 17.4 Å². The molecule has 0 saturated carbocycles. The predicted octanol–water partition coefficient (Wildman–Crippen LogP) is 2.51. The van der Waals surface area contributed by atoms with Gasteiger partial charge in [0.15, 0.2) is 0 Å². The van der Waals surface area contributed by atoms with Crippen molar-refractivity contribution in [1.82, 2.24) is 9.47 Å². The minimum absolute atomic E-state index is 0.192. The second kappa shape index (κ2) is 5.89. The Balaban J connectivity index is 1.81. The summed E-state index contributed by atoms with van der Waals surface area (Å²) < 4.78 is 7.77. The molecule has 0 N–H and O–H groups in total. The highest BCUT2D eigenvalue weighted by Gasteiger charge is 2.15. The molecule has 0 bridgehead atoms. The molecular weight excluding hydrogens is 224 g/mol. The van der Waals surface area contributed by atoms with Crippen LogP contribution in [0.25, 0.3) is 0 Å². The first kappa shape index (κ1) is 13.6. The Morgan fingerprint density at radius 3 is 2.61 bits per heavy atom. The van der Waals surface area contributed by atoms with Gasteiger partial charge in [0, 0.05) is 30.5 Å². The second-order valence-electron chi connectivity index (χ2n) is 6.10. The van der Waals surface area contributed by atoms with Crippen molar-refractivity contribution in [2.75, 3.05) is 32.8 Å². The Morgan fingerprint density at radius 2 is 1.94 bits per heavy atom. The highest BCUT2D eigenvalue weighted by molar-refractivity contribution is 5.10. The van der Waals surface area contributed by atoms with E-state index in [9.17, 15) is 0 Å². The minimum atomic E-state index is 0.192. The Labute approximate surface area is 111 Å². The van der Waals surface area contributed by atoms with Gasteiger partial charge in [0.2, 0.25) is 0 Å². The van der Waals surface area contributed by atoms with Gasteiger partial charge in [0.25, 0.3) is 0 Å². The van der Waals surface area contributed by atoms with E-state index in [-0.39, 0.29) is 5.54 Å². The van der Waals surface area contributed by atoms with Gasteiger partial charge in [-0.25, -0.2) is 0 Å². The summed E-state index contributed by atoms with van der Waals surface area (Å²) in [4.78, 5) is 2.51. The third-order valence-corrected chi connectivity index (χ3v) is 3.57. The van der Waals surface area contributed by atoms with Gasteiger partial charge < -0.3 is 9.30 Å². The fourth-order valence-electron chi connectivity index (χ4n) is 2.58. The molecule has 0 radical (unpaired) electrons. The molecule has 2 heterocycles. The van der Waals surface area contributed by atoms with Crippen LogP contribution < -0.4 is 0 Å². The van der Waals surface area contributed by atoms with E-state index in [0.717, 1.165) is 26.3 Å². The average Bonchev–Trinajstić information content (AvgIpc) is 2.78. The van der Waals surface area contributed by atoms with Gasteiger partial charge in [-0.2, -0.15) is 0 Å². The summed E-state index contributed by atoms with van der Waals surface area (Å²) >= 11 is 0. The monoisotopic (exact) mass is 250 g/mol. The largest absolute Gasteiger partial charge is 0.379 e. The number of nitrogens with zero attached hydrogens (tertiary/aromatic N) is 2. The first-order chi connectivity index (χ1) is 8.57. The number of aromatic nitrogens is 1. The van der Waals surface area contributed by atoms with Crippen LogP contribution in [0.1, 0.15) is 32.9 Å². The van der Waals surface area contributed by atoms with Crippen molar-refractivity contribution in [2.24, 2.45) is 0 Å². The second-order valence-corrected chi connectivity index (χ2v) is 6.10. The molecule has 0 aromatic carbocycles. The maximum atomic E-state index is 5.37. The minimum Gasteiger partial charge on any atom is -0.379 e. The zero-order valence-electron chi connectivity index (χ0n) is 12.0. The molecule has 0 unspecified atom stereocenters. The Bertz CT molecular complexity index is 359. The molecule has 1 fully saturated rings. The number of rotatable bonds is 4. The fraction of sp³-hybridized carbons (Fsp3) is 0.733. The van der Waals surface area contributed by atoms with Crippen LogP contribution in [0.5, 0.6) is 0 Å². The summed E-state index contributed by atoms with van der Waals surface area (Å²) in [7, 11) is 0. The molecule has 1 aromatic heterocycles. The number of hydrogen-bond acceptors (Lipinski definition) is 2. The number of hydrogen-bond donors (Lipinski definition) is 0. The molecule has 1 aromatic rings. The molecule has 3 nitrogen and oxygen atoms in total. The van der Waals surface area contributed by atoms with Gasteiger partial charge in [-0.05, 0) is 52.3 Å². The van der Waals surface area contributed by atoms with Gasteiger partial charge in [0.05, 0.1) is 13.2 Å². The lowest BCUT2D eigenvalue weighted by Gasteiger charge is -2.27. The third kappa shape index (κ3) is 3.59. The number of ether oxygens (including phenoxy) is 1. The molecule has 102 valence electrons. The molecular formula is C15H26N2O. The molecule has 0 spiro atoms. The summed E-state index contributed by atoms with van der Waals surface area (Å²) in [5.74, 6) is 0. The molecule has 3 heteroatoms. The lowest BCUT2D eigenvalue weighted by atomic mass is 10.1. The maximum absolute atomic E-state index is 5.37. The van der Waals surface area contributed by atoms with Gasteiger partial charge in [-0.1, -0.05) is 0 Å². The quantitative estimate of drug-likeness (QED) is 0.817. The summed E-state index contributed by atoms with van der Waals surface area (Å²) in [6.07, 6.45) is 4.60. The molecule has 0 amide bonds. The molecule has 18 heavy (non-hydrogen) atoms. The summed E-state index contributed by atoms with van der Waals surface area (Å²) in [5, 5.41) is 0. The van der Waals surface area contributed by atoms with Crippen LogP contribution in [0, 0.1) is 0 Å². The van der Waals surface area contributed by atoms with Crippen LogP contribution >= 0.6 is 0 Å². The standard InChI is InChI=1S/C15H26N2O/c1-15(2,3)17-9-5-7-14(17)6-4-8-16-10-12-18-13-11-16/h5,7,9H,4,6,8,10-13H2,1-3H3. The van der Waals surface area contributed by atoms with Crippen LogP contribution in [-0.4, -0.2) is 42.3 Å². The highest BCUT2D eigenvalue weighted by Crippen LogP contribution is 2.18. The van der Waals surface area contributed by atoms with Crippen molar-refractivity contribution in [3.63, 3.8) is 0 Å². The lowest BCUT2D eigenvalue weighted by molar-refractivity contribution is 0.0374. The summed E-state index contributed by atoms with van der Waals surface area (Å²) in [6, 6.07) is 4.42. The van der Waals surface area contributed by atoms with E-state index in [1.54, 1.807) is 0 Å². The van der Waals surface area contributed by atoms with Crippen LogP contribution in [-0.2, 0) is 16.7 Å². The van der Waals surface area contributed by atoms with Gasteiger partial charge in [0.1, 0.15) is 0 Å². The van der Waals surface area contributed by atoms with Crippen LogP contribution in [0.15, 0.2) is 18.3 Å². The van der Waals surface area contributed by atoms with E-state index < -0.39 is 0 Å². The molecule has 1 aliphatic heterocycles. The van der Waals surface area contributed by atoms with E-state index in [2.05, 4.69) is 48.6 Å². The van der Waals surface area contributed by atoms with Gasteiger partial charge in [-0.3, -0.25) is 4.90 Å². The summed E-state index contributed by atoms with van der Waals surface area (Å²) in [5.41, 5.74) is 1.65. The fourth-order valence-corrected chi connectivity index (χ4v) is 2.58. The zero-order chi connectivity index (χ0) is 13.0. The Kier molecular flexibility index (Phi) is 4.46. The van der Waals surface area contributed by atoms with E-state index in [1.165, 1.54) is 25.1 Å². The molecule has 1 aliphatic rings. The van der Waals surface area contributed by atoms with Crippen LogP contribution in [0.4, 0.5) is 0 Å². The van der Waals surface area contributed by atoms with Gasteiger partial charge in [-0.15, -0.1) is 0 Å². The number of morpholine rings is 1. The first-order valence-corrected chi connectivity index (χ1v) is 7.04. The zero-order valence-corrected chi connectivity index (χ0v) is 12.0. The summed E-state index contributed by atoms with van der Waals surface area (Å²) in [6.45, 7) is 12.0. The first-order valence-electron chi connectivity index (χ1n) is 7.04. The van der Waals surface area contributed by atoms with Crippen molar-refractivity contribution in [3.8, 4) is 0 Å². The SMILES string of the molecule is CC(C)(C)n1cccc1CCCN1CCOCC1. The van der Waals surface area contributed by atoms with E-state index in [4.69, 9.17) is 4.74 Å². The highest BCUT2D eigenvalue weighted by atomic mass is 16.5. The molecule has 0 aliphatic carbocycles. The Morgan fingerprint density at radius 1 is 1.22 bits per heavy atom. The lowest BCUT2D eigenvalue weighted by Crippen LogP contribution is -2.37. The van der Waals surface area contributed by atoms with Crippen molar-refractivity contribution >= 4 is 0 Å². The predicted molar refractivity (Wildman–Crippen MR) is 75.0 cm³/mol. The van der Waals surface area contributed by atoms with Crippen molar-refractivity contribution in [3.05, 3.63) is 24.0 Å². The molecule has 0 atom stereocenters. The van der Waals surface area contributed by atoms with Crippen LogP contribution in [0.2, 0.25) is 0 Å². The van der Waals surface area contributed by atoms with Crippen LogP contribution in [0.3, 0.4) is 0 Å². The smallest absolute Gasteiger partial charge is 0.0594 e. The third-order valence-electron chi connectivity index (χ3n) is 3.57. The maximum Gasteiger partial charge on any atom is 0.0594 e. The van der Waals surface area contributed by atoms with Gasteiger partial charge >= 0.3 is 0 Å². The Hall–Kier alpha value is -0.800.